The van der Waals surface area contributed by atoms with Crippen molar-refractivity contribution in [2.45, 2.75) is 18.9 Å². The highest BCUT2D eigenvalue weighted by Gasteiger charge is 2.30. The van der Waals surface area contributed by atoms with Crippen LogP contribution in [0.15, 0.2) is 42.5 Å². The number of hydrogen-bond donors (Lipinski definition) is 1. The van der Waals surface area contributed by atoms with Gasteiger partial charge in [0.15, 0.2) is 0 Å². The standard InChI is InChI=1S/C17H15ClF2N2O/c18-14-10-13(7-8-15(14)20)21-17(23)22-9-1-2-16(22)11-3-5-12(19)6-4-11/h3-8,10,16H,1-2,9H2,(H,21,23)/t16-/m0/s1. The molecule has 2 amide bonds. The molecule has 1 saturated heterocycles. The molecule has 0 radical (unpaired) electrons. The molecule has 1 aliphatic rings. The van der Waals surface area contributed by atoms with E-state index in [0.29, 0.717) is 12.2 Å². The molecule has 0 aliphatic carbocycles. The lowest BCUT2D eigenvalue weighted by atomic mass is 10.0. The van der Waals surface area contributed by atoms with Gasteiger partial charge in [0.1, 0.15) is 11.6 Å². The van der Waals surface area contributed by atoms with Crippen LogP contribution in [0.2, 0.25) is 5.02 Å². The third kappa shape index (κ3) is 3.45. The van der Waals surface area contributed by atoms with Crippen molar-refractivity contribution in [3.8, 4) is 0 Å². The zero-order valence-electron chi connectivity index (χ0n) is 12.2. The molecular formula is C17H15ClF2N2O. The van der Waals surface area contributed by atoms with E-state index in [0.717, 1.165) is 18.4 Å². The van der Waals surface area contributed by atoms with E-state index in [9.17, 15) is 13.6 Å². The molecule has 2 aromatic carbocycles. The quantitative estimate of drug-likeness (QED) is 0.823. The Kier molecular flexibility index (Phi) is 4.48. The van der Waals surface area contributed by atoms with Crippen molar-refractivity contribution in [1.82, 2.24) is 4.90 Å². The minimum atomic E-state index is -0.532. The second-order valence-electron chi connectivity index (χ2n) is 5.46. The molecule has 1 heterocycles. The van der Waals surface area contributed by atoms with Crippen LogP contribution in [0, 0.1) is 11.6 Å². The Balaban J connectivity index is 1.75. The molecule has 0 unspecified atom stereocenters. The van der Waals surface area contributed by atoms with Crippen LogP contribution in [-0.2, 0) is 0 Å². The van der Waals surface area contributed by atoms with Crippen LogP contribution in [-0.4, -0.2) is 17.5 Å². The lowest BCUT2D eigenvalue weighted by molar-refractivity contribution is 0.207. The number of rotatable bonds is 2. The number of anilines is 1. The van der Waals surface area contributed by atoms with E-state index in [1.807, 2.05) is 0 Å². The van der Waals surface area contributed by atoms with Gasteiger partial charge in [-0.2, -0.15) is 0 Å². The summed E-state index contributed by atoms with van der Waals surface area (Å²) >= 11 is 5.72. The zero-order valence-corrected chi connectivity index (χ0v) is 13.0. The summed E-state index contributed by atoms with van der Waals surface area (Å²) in [5.41, 5.74) is 1.34. The van der Waals surface area contributed by atoms with Crippen LogP contribution in [0.25, 0.3) is 0 Å². The highest BCUT2D eigenvalue weighted by atomic mass is 35.5. The van der Waals surface area contributed by atoms with Gasteiger partial charge in [0, 0.05) is 12.2 Å². The molecule has 3 rings (SSSR count). The molecule has 0 saturated carbocycles. The Bertz CT molecular complexity index is 721. The van der Waals surface area contributed by atoms with Crippen molar-refractivity contribution in [2.24, 2.45) is 0 Å². The summed E-state index contributed by atoms with van der Waals surface area (Å²) < 4.78 is 26.2. The van der Waals surface area contributed by atoms with Gasteiger partial charge >= 0.3 is 6.03 Å². The normalized spacial score (nSPS) is 17.3. The molecule has 1 N–H and O–H groups in total. The Morgan fingerprint density at radius 1 is 1.17 bits per heavy atom. The number of benzene rings is 2. The highest BCUT2D eigenvalue weighted by Crippen LogP contribution is 2.32. The van der Waals surface area contributed by atoms with Crippen molar-refractivity contribution in [3.63, 3.8) is 0 Å². The molecule has 23 heavy (non-hydrogen) atoms. The highest BCUT2D eigenvalue weighted by molar-refractivity contribution is 6.31. The third-order valence-electron chi connectivity index (χ3n) is 3.94. The Hall–Kier alpha value is -2.14. The number of urea groups is 1. The minimum absolute atomic E-state index is 0.0423. The van der Waals surface area contributed by atoms with E-state index >= 15 is 0 Å². The summed E-state index contributed by atoms with van der Waals surface area (Å²) in [5.74, 6) is -0.835. The second-order valence-corrected chi connectivity index (χ2v) is 5.87. The molecule has 1 fully saturated rings. The number of halogens is 3. The van der Waals surface area contributed by atoms with E-state index in [1.54, 1.807) is 17.0 Å². The van der Waals surface area contributed by atoms with E-state index in [4.69, 9.17) is 11.6 Å². The van der Waals surface area contributed by atoms with Crippen molar-refractivity contribution >= 4 is 23.3 Å². The number of amides is 2. The molecule has 3 nitrogen and oxygen atoms in total. The number of carbonyl (C=O) groups is 1. The summed E-state index contributed by atoms with van der Waals surface area (Å²) in [6, 6.07) is 9.85. The van der Waals surface area contributed by atoms with Gasteiger partial charge in [0.2, 0.25) is 0 Å². The number of nitrogens with one attached hydrogen (secondary N) is 1. The van der Waals surface area contributed by atoms with Crippen molar-refractivity contribution in [1.29, 1.82) is 0 Å². The van der Waals surface area contributed by atoms with E-state index in [-0.39, 0.29) is 22.9 Å². The van der Waals surface area contributed by atoms with Crippen LogP contribution in [0.3, 0.4) is 0 Å². The van der Waals surface area contributed by atoms with Gasteiger partial charge in [-0.05, 0) is 48.7 Å². The molecule has 1 aliphatic heterocycles. The third-order valence-corrected chi connectivity index (χ3v) is 4.23. The maximum atomic E-state index is 13.2. The van der Waals surface area contributed by atoms with Gasteiger partial charge in [-0.1, -0.05) is 23.7 Å². The second kappa shape index (κ2) is 6.54. The molecule has 0 bridgehead atoms. The van der Waals surface area contributed by atoms with Crippen LogP contribution in [0.4, 0.5) is 19.3 Å². The largest absolute Gasteiger partial charge is 0.322 e. The molecule has 0 spiro atoms. The summed E-state index contributed by atoms with van der Waals surface area (Å²) in [5, 5.41) is 2.68. The predicted octanol–water partition coefficient (Wildman–Crippen LogP) is 4.99. The fraction of sp³-hybridized carbons (Fsp3) is 0.235. The Morgan fingerprint density at radius 2 is 1.91 bits per heavy atom. The maximum absolute atomic E-state index is 13.2. The maximum Gasteiger partial charge on any atom is 0.322 e. The topological polar surface area (TPSA) is 32.3 Å². The molecule has 6 heteroatoms. The smallest absolute Gasteiger partial charge is 0.317 e. The summed E-state index contributed by atoms with van der Waals surface area (Å²) in [4.78, 5) is 14.2. The predicted molar refractivity (Wildman–Crippen MR) is 85.5 cm³/mol. The summed E-state index contributed by atoms with van der Waals surface area (Å²) in [6.45, 7) is 0.614. The lowest BCUT2D eigenvalue weighted by Crippen LogP contribution is -2.34. The van der Waals surface area contributed by atoms with Crippen LogP contribution >= 0.6 is 11.6 Å². The van der Waals surface area contributed by atoms with E-state index in [1.165, 1.54) is 30.3 Å². The van der Waals surface area contributed by atoms with Gasteiger partial charge in [0.25, 0.3) is 0 Å². The van der Waals surface area contributed by atoms with Crippen molar-refractivity contribution < 1.29 is 13.6 Å². The molecule has 1 atom stereocenters. The van der Waals surface area contributed by atoms with Gasteiger partial charge in [-0.3, -0.25) is 0 Å². The van der Waals surface area contributed by atoms with E-state index < -0.39 is 5.82 Å². The lowest BCUT2D eigenvalue weighted by Gasteiger charge is -2.25. The van der Waals surface area contributed by atoms with Crippen molar-refractivity contribution in [3.05, 3.63) is 64.7 Å². The monoisotopic (exact) mass is 336 g/mol. The first kappa shape index (κ1) is 15.7. The number of likely N-dealkylation sites (tertiary alicyclic amines) is 1. The van der Waals surface area contributed by atoms with Crippen LogP contribution in [0.5, 0.6) is 0 Å². The first-order chi connectivity index (χ1) is 11.0. The number of carbonyl (C=O) groups excluding carboxylic acids is 1. The average molecular weight is 337 g/mol. The average Bonchev–Trinajstić information content (AvgIpc) is 3.01. The molecule has 0 aromatic heterocycles. The summed E-state index contributed by atoms with van der Waals surface area (Å²) in [6.07, 6.45) is 1.70. The van der Waals surface area contributed by atoms with Crippen LogP contribution < -0.4 is 5.32 Å². The van der Waals surface area contributed by atoms with E-state index in [2.05, 4.69) is 5.32 Å². The van der Waals surface area contributed by atoms with Crippen LogP contribution in [0.1, 0.15) is 24.4 Å². The number of nitrogens with zero attached hydrogens (tertiary/aromatic N) is 1. The van der Waals surface area contributed by atoms with Gasteiger partial charge in [0.05, 0.1) is 11.1 Å². The number of hydrogen-bond acceptors (Lipinski definition) is 1. The minimum Gasteiger partial charge on any atom is -0.317 e. The Labute approximate surface area is 137 Å². The Morgan fingerprint density at radius 3 is 2.61 bits per heavy atom. The molecular weight excluding hydrogens is 322 g/mol. The molecule has 2 aromatic rings. The van der Waals surface area contributed by atoms with Gasteiger partial charge < -0.3 is 10.2 Å². The van der Waals surface area contributed by atoms with Gasteiger partial charge in [-0.25, -0.2) is 13.6 Å². The fourth-order valence-electron chi connectivity index (χ4n) is 2.81. The first-order valence-electron chi connectivity index (χ1n) is 7.33. The van der Waals surface area contributed by atoms with Gasteiger partial charge in [-0.15, -0.1) is 0 Å². The fourth-order valence-corrected chi connectivity index (χ4v) is 2.99. The molecule has 120 valence electrons. The van der Waals surface area contributed by atoms with Crippen molar-refractivity contribution in [2.75, 3.05) is 11.9 Å². The zero-order chi connectivity index (χ0) is 16.4. The summed E-state index contributed by atoms with van der Waals surface area (Å²) in [7, 11) is 0. The SMILES string of the molecule is O=C(Nc1ccc(F)c(Cl)c1)N1CCC[C@H]1c1ccc(F)cc1. The first-order valence-corrected chi connectivity index (χ1v) is 7.70.